The van der Waals surface area contributed by atoms with Gasteiger partial charge in [0.05, 0.1) is 5.75 Å². The largest absolute Gasteiger partial charge is 0.339 e. The lowest BCUT2D eigenvalue weighted by Crippen LogP contribution is -2.49. The quantitative estimate of drug-likeness (QED) is 0.557. The second-order valence-electron chi connectivity index (χ2n) is 4.85. The molecular weight excluding hydrogens is 292 g/mol. The number of carbonyl (C=O) groups excluding carboxylic acids is 1. The van der Waals surface area contributed by atoms with Gasteiger partial charge in [-0.1, -0.05) is 18.7 Å². The van der Waals surface area contributed by atoms with Gasteiger partial charge < -0.3 is 15.6 Å². The number of aromatic nitrogens is 3. The van der Waals surface area contributed by atoms with E-state index in [4.69, 9.17) is 5.84 Å². The lowest BCUT2D eigenvalue weighted by Gasteiger charge is -2.34. The Hall–Kier alpha value is -1.61. The Bertz CT molecular complexity index is 567. The molecule has 9 heteroatoms. The maximum Gasteiger partial charge on any atom is 0.294 e. The van der Waals surface area contributed by atoms with Crippen LogP contribution in [0.4, 0.5) is 0 Å². The highest BCUT2D eigenvalue weighted by Crippen LogP contribution is 2.13. The highest BCUT2D eigenvalue weighted by atomic mass is 32.2. The minimum Gasteiger partial charge on any atom is -0.339 e. The number of rotatable bonds is 4. The van der Waals surface area contributed by atoms with E-state index in [1.807, 2.05) is 4.90 Å². The van der Waals surface area contributed by atoms with E-state index < -0.39 is 5.56 Å². The lowest BCUT2D eigenvalue weighted by atomic mass is 10.3. The van der Waals surface area contributed by atoms with E-state index in [1.54, 1.807) is 6.92 Å². The van der Waals surface area contributed by atoms with Gasteiger partial charge in [-0.3, -0.25) is 9.59 Å². The fourth-order valence-corrected chi connectivity index (χ4v) is 2.86. The zero-order chi connectivity index (χ0) is 15.4. The van der Waals surface area contributed by atoms with Gasteiger partial charge in [-0.2, -0.15) is 4.68 Å². The summed E-state index contributed by atoms with van der Waals surface area (Å²) in [4.78, 5) is 27.9. The summed E-state index contributed by atoms with van der Waals surface area (Å²) in [6, 6.07) is 0. The van der Waals surface area contributed by atoms with Gasteiger partial charge in [0.25, 0.3) is 5.56 Å². The van der Waals surface area contributed by atoms with Crippen LogP contribution in [0.15, 0.2) is 9.95 Å². The van der Waals surface area contributed by atoms with Crippen LogP contribution in [0.1, 0.15) is 12.6 Å². The van der Waals surface area contributed by atoms with E-state index in [0.29, 0.717) is 0 Å². The molecule has 21 heavy (non-hydrogen) atoms. The highest BCUT2D eigenvalue weighted by molar-refractivity contribution is 7.99. The second-order valence-corrected chi connectivity index (χ2v) is 5.79. The predicted molar refractivity (Wildman–Crippen MR) is 80.6 cm³/mol. The van der Waals surface area contributed by atoms with Crippen LogP contribution in [0.5, 0.6) is 0 Å². The monoisotopic (exact) mass is 312 g/mol. The number of piperazine rings is 1. The van der Waals surface area contributed by atoms with Crippen molar-refractivity contribution in [3.05, 3.63) is 16.0 Å². The molecule has 1 fully saturated rings. The Morgan fingerprint density at radius 3 is 2.57 bits per heavy atom. The minimum absolute atomic E-state index is 0.0329. The molecule has 116 valence electrons. The fourth-order valence-electron chi connectivity index (χ4n) is 2.10. The number of likely N-dealkylation sites (N-methyl/N-ethyl adjacent to an activating group) is 1. The SMILES string of the molecule is CCN1CCN(C(=O)CSc2nnc(C)c(=O)n2N)CC1. The van der Waals surface area contributed by atoms with Gasteiger partial charge in [0.15, 0.2) is 0 Å². The summed E-state index contributed by atoms with van der Waals surface area (Å²) in [5, 5.41) is 7.84. The van der Waals surface area contributed by atoms with Crippen molar-refractivity contribution < 1.29 is 4.79 Å². The molecule has 0 spiro atoms. The number of thioether (sulfide) groups is 1. The first kappa shape index (κ1) is 15.8. The summed E-state index contributed by atoms with van der Waals surface area (Å²) in [7, 11) is 0. The number of nitrogen functional groups attached to an aromatic ring is 1. The summed E-state index contributed by atoms with van der Waals surface area (Å²) >= 11 is 1.14. The van der Waals surface area contributed by atoms with Crippen molar-refractivity contribution in [3.8, 4) is 0 Å². The summed E-state index contributed by atoms with van der Waals surface area (Å²) in [5.41, 5.74) is -0.152. The molecule has 1 aromatic rings. The number of nitrogens with two attached hydrogens (primary N) is 1. The van der Waals surface area contributed by atoms with Crippen LogP contribution in [0.25, 0.3) is 0 Å². The molecule has 2 heterocycles. The second kappa shape index (κ2) is 6.90. The Balaban J connectivity index is 1.90. The third-order valence-corrected chi connectivity index (χ3v) is 4.44. The van der Waals surface area contributed by atoms with Crippen molar-refractivity contribution in [2.45, 2.75) is 19.0 Å². The molecule has 8 nitrogen and oxygen atoms in total. The Morgan fingerprint density at radius 2 is 1.95 bits per heavy atom. The van der Waals surface area contributed by atoms with Gasteiger partial charge in [0, 0.05) is 26.2 Å². The number of carbonyl (C=O) groups is 1. The third kappa shape index (κ3) is 3.73. The van der Waals surface area contributed by atoms with Crippen LogP contribution in [-0.4, -0.2) is 69.1 Å². The molecule has 2 rings (SSSR count). The first-order valence-corrected chi connectivity index (χ1v) is 7.85. The van der Waals surface area contributed by atoms with Gasteiger partial charge in [-0.15, -0.1) is 10.2 Å². The maximum absolute atomic E-state index is 12.1. The van der Waals surface area contributed by atoms with Gasteiger partial charge in [0.1, 0.15) is 5.69 Å². The van der Waals surface area contributed by atoms with E-state index in [0.717, 1.165) is 49.2 Å². The smallest absolute Gasteiger partial charge is 0.294 e. The minimum atomic E-state index is -0.392. The average molecular weight is 312 g/mol. The first-order chi connectivity index (χ1) is 10.0. The number of nitrogens with zero attached hydrogens (tertiary/aromatic N) is 5. The van der Waals surface area contributed by atoms with Gasteiger partial charge in [0.2, 0.25) is 11.1 Å². The Labute approximate surface area is 127 Å². The molecule has 0 aromatic carbocycles. The Kier molecular flexibility index (Phi) is 5.18. The Morgan fingerprint density at radius 1 is 1.29 bits per heavy atom. The molecule has 0 unspecified atom stereocenters. The van der Waals surface area contributed by atoms with Crippen molar-refractivity contribution in [2.24, 2.45) is 0 Å². The standard InChI is InChI=1S/C12H20N6O2S/c1-3-16-4-6-17(7-5-16)10(19)8-21-12-15-14-9(2)11(20)18(12)13/h3-8,13H2,1-2H3. The third-order valence-electron chi connectivity index (χ3n) is 3.52. The van der Waals surface area contributed by atoms with E-state index >= 15 is 0 Å². The summed E-state index contributed by atoms with van der Waals surface area (Å²) in [5.74, 6) is 5.88. The summed E-state index contributed by atoms with van der Waals surface area (Å²) < 4.78 is 0.940. The average Bonchev–Trinajstić information content (AvgIpc) is 2.52. The molecule has 0 saturated carbocycles. The van der Waals surface area contributed by atoms with E-state index in [9.17, 15) is 9.59 Å². The fraction of sp³-hybridized carbons (Fsp3) is 0.667. The van der Waals surface area contributed by atoms with Crippen LogP contribution in [0.2, 0.25) is 0 Å². The predicted octanol–water partition coefficient (Wildman–Crippen LogP) is -1.08. The van der Waals surface area contributed by atoms with Gasteiger partial charge in [-0.05, 0) is 13.5 Å². The molecule has 1 aliphatic heterocycles. The molecule has 1 aromatic heterocycles. The topological polar surface area (TPSA) is 97.4 Å². The van der Waals surface area contributed by atoms with E-state index in [-0.39, 0.29) is 22.5 Å². The summed E-state index contributed by atoms with van der Waals surface area (Å²) in [6.07, 6.45) is 0. The van der Waals surface area contributed by atoms with Crippen molar-refractivity contribution >= 4 is 17.7 Å². The molecule has 2 N–H and O–H groups in total. The number of amides is 1. The van der Waals surface area contributed by atoms with Gasteiger partial charge >= 0.3 is 0 Å². The van der Waals surface area contributed by atoms with E-state index in [1.165, 1.54) is 0 Å². The highest BCUT2D eigenvalue weighted by Gasteiger charge is 2.20. The van der Waals surface area contributed by atoms with E-state index in [2.05, 4.69) is 22.0 Å². The molecule has 0 atom stereocenters. The molecule has 0 aliphatic carbocycles. The number of aryl methyl sites for hydroxylation is 1. The molecule has 1 aliphatic rings. The first-order valence-electron chi connectivity index (χ1n) is 6.87. The zero-order valence-corrected chi connectivity index (χ0v) is 13.1. The lowest BCUT2D eigenvalue weighted by molar-refractivity contribution is -0.130. The summed E-state index contributed by atoms with van der Waals surface area (Å²) in [6.45, 7) is 7.95. The molecule has 1 saturated heterocycles. The zero-order valence-electron chi connectivity index (χ0n) is 12.3. The van der Waals surface area contributed by atoms with Crippen molar-refractivity contribution in [1.29, 1.82) is 0 Å². The molecule has 0 radical (unpaired) electrons. The number of hydrogen-bond donors (Lipinski definition) is 1. The van der Waals surface area contributed by atoms with Crippen LogP contribution in [-0.2, 0) is 4.79 Å². The molecule has 1 amide bonds. The van der Waals surface area contributed by atoms with Crippen LogP contribution < -0.4 is 11.4 Å². The van der Waals surface area contributed by atoms with Crippen molar-refractivity contribution in [2.75, 3.05) is 44.3 Å². The van der Waals surface area contributed by atoms with Crippen molar-refractivity contribution in [1.82, 2.24) is 24.7 Å². The van der Waals surface area contributed by atoms with Crippen molar-refractivity contribution in [3.63, 3.8) is 0 Å². The number of hydrogen-bond acceptors (Lipinski definition) is 7. The molecular formula is C12H20N6O2S. The maximum atomic E-state index is 12.1. The van der Waals surface area contributed by atoms with Gasteiger partial charge in [-0.25, -0.2) is 0 Å². The normalized spacial score (nSPS) is 16.2. The molecule has 0 bridgehead atoms. The van der Waals surface area contributed by atoms with Crippen LogP contribution in [0.3, 0.4) is 0 Å². The van der Waals surface area contributed by atoms with Crippen LogP contribution in [0, 0.1) is 6.92 Å². The van der Waals surface area contributed by atoms with Crippen LogP contribution >= 0.6 is 11.8 Å².